The van der Waals surface area contributed by atoms with Gasteiger partial charge in [-0.25, -0.2) is 0 Å². The number of thioether (sulfide) groups is 1. The van der Waals surface area contributed by atoms with Crippen molar-refractivity contribution in [2.24, 2.45) is 0 Å². The van der Waals surface area contributed by atoms with Crippen molar-refractivity contribution >= 4 is 17.5 Å². The Bertz CT molecular complexity index is 394. The van der Waals surface area contributed by atoms with Crippen LogP contribution in [0.5, 0.6) is 5.75 Å². The van der Waals surface area contributed by atoms with Crippen LogP contribution in [0.2, 0.25) is 0 Å². The van der Waals surface area contributed by atoms with Crippen molar-refractivity contribution in [2.75, 3.05) is 12.9 Å². The van der Waals surface area contributed by atoms with Crippen LogP contribution in [0.15, 0.2) is 24.3 Å². The monoisotopic (exact) mass is 278 g/mol. The first-order valence-corrected chi connectivity index (χ1v) is 8.09. The van der Waals surface area contributed by atoms with Crippen LogP contribution in [-0.4, -0.2) is 23.9 Å². The van der Waals surface area contributed by atoms with Gasteiger partial charge >= 0.3 is 0 Å². The van der Waals surface area contributed by atoms with Crippen LogP contribution in [-0.2, 0) is 11.2 Å². The molecule has 0 atom stereocenters. The molecule has 0 amide bonds. The number of hydrogen-bond acceptors (Lipinski definition) is 3. The van der Waals surface area contributed by atoms with E-state index in [9.17, 15) is 4.79 Å². The van der Waals surface area contributed by atoms with Gasteiger partial charge in [0.2, 0.25) is 0 Å². The maximum Gasteiger partial charge on any atom is 0.143 e. The molecule has 3 heteroatoms. The van der Waals surface area contributed by atoms with E-state index in [1.54, 1.807) is 7.11 Å². The second-order valence-corrected chi connectivity index (χ2v) is 6.39. The summed E-state index contributed by atoms with van der Waals surface area (Å²) in [5.74, 6) is 1.94. The molecule has 1 aliphatic rings. The summed E-state index contributed by atoms with van der Waals surface area (Å²) in [6, 6.07) is 7.98. The van der Waals surface area contributed by atoms with E-state index in [1.807, 2.05) is 36.0 Å². The Kier molecular flexibility index (Phi) is 5.77. The zero-order valence-electron chi connectivity index (χ0n) is 11.6. The van der Waals surface area contributed by atoms with Crippen molar-refractivity contribution in [1.29, 1.82) is 0 Å². The third kappa shape index (κ3) is 4.90. The highest BCUT2D eigenvalue weighted by Crippen LogP contribution is 2.29. The van der Waals surface area contributed by atoms with Crippen LogP contribution < -0.4 is 4.74 Å². The van der Waals surface area contributed by atoms with Gasteiger partial charge in [0, 0.05) is 11.7 Å². The van der Waals surface area contributed by atoms with E-state index < -0.39 is 0 Å². The van der Waals surface area contributed by atoms with Gasteiger partial charge in [-0.1, -0.05) is 25.0 Å². The quantitative estimate of drug-likeness (QED) is 0.757. The minimum absolute atomic E-state index is 0.382. The molecular weight excluding hydrogens is 256 g/mol. The maximum atomic E-state index is 11.9. The highest BCUT2D eigenvalue weighted by atomic mass is 32.2. The first-order chi connectivity index (χ1) is 9.28. The third-order valence-electron chi connectivity index (χ3n) is 3.63. The van der Waals surface area contributed by atoms with Gasteiger partial charge in [0.25, 0.3) is 0 Å². The van der Waals surface area contributed by atoms with Gasteiger partial charge in [0.05, 0.1) is 12.9 Å². The number of Topliss-reactive ketones (excluding diaryl/α,β-unsaturated/α-hetero) is 1. The Balaban J connectivity index is 1.67. The van der Waals surface area contributed by atoms with E-state index in [-0.39, 0.29) is 0 Å². The van der Waals surface area contributed by atoms with Gasteiger partial charge in [-0.2, -0.15) is 11.8 Å². The molecular formula is C16H22O2S. The number of rotatable bonds is 7. The number of carbonyl (C=O) groups is 1. The molecule has 1 aromatic rings. The van der Waals surface area contributed by atoms with Crippen molar-refractivity contribution in [2.45, 2.75) is 43.8 Å². The summed E-state index contributed by atoms with van der Waals surface area (Å²) in [7, 11) is 1.67. The lowest BCUT2D eigenvalue weighted by atomic mass is 10.1. The summed E-state index contributed by atoms with van der Waals surface area (Å²) >= 11 is 1.86. The number of benzene rings is 1. The molecule has 0 saturated heterocycles. The Hall–Kier alpha value is -0.960. The molecule has 1 saturated carbocycles. The molecule has 19 heavy (non-hydrogen) atoms. The van der Waals surface area contributed by atoms with Gasteiger partial charge in [-0.3, -0.25) is 4.79 Å². The first kappa shape index (κ1) is 14.4. The summed E-state index contributed by atoms with van der Waals surface area (Å²) in [6.07, 6.45) is 6.79. The molecule has 1 aliphatic carbocycles. The molecule has 2 nitrogen and oxygen atoms in total. The predicted octanol–water partition coefficient (Wildman–Crippen LogP) is 3.87. The zero-order valence-corrected chi connectivity index (χ0v) is 12.4. The lowest BCUT2D eigenvalue weighted by Gasteiger charge is -2.07. The lowest BCUT2D eigenvalue weighted by molar-refractivity contribution is -0.116. The first-order valence-electron chi connectivity index (χ1n) is 7.04. The number of carbonyl (C=O) groups excluding carboxylic acids is 1. The van der Waals surface area contributed by atoms with Crippen molar-refractivity contribution in [1.82, 2.24) is 0 Å². The summed E-state index contributed by atoms with van der Waals surface area (Å²) in [5, 5.41) is 0.741. The summed E-state index contributed by atoms with van der Waals surface area (Å²) in [6.45, 7) is 0. The molecule has 104 valence electrons. The Morgan fingerprint density at radius 1 is 1.26 bits per heavy atom. The van der Waals surface area contributed by atoms with Gasteiger partial charge in [0.1, 0.15) is 11.5 Å². The molecule has 0 bridgehead atoms. The predicted molar refractivity (Wildman–Crippen MR) is 81.0 cm³/mol. The average Bonchev–Trinajstić information content (AvgIpc) is 2.96. The van der Waals surface area contributed by atoms with Crippen LogP contribution in [0.25, 0.3) is 0 Å². The minimum atomic E-state index is 0.382. The molecule has 0 aliphatic heterocycles. The number of methoxy groups -OCH3 is 1. The van der Waals surface area contributed by atoms with E-state index in [0.717, 1.165) is 17.4 Å². The second-order valence-electron chi connectivity index (χ2n) is 5.10. The van der Waals surface area contributed by atoms with Crippen LogP contribution in [0.1, 0.15) is 37.7 Å². The fourth-order valence-corrected chi connectivity index (χ4v) is 3.65. The molecule has 2 rings (SSSR count). The minimum Gasteiger partial charge on any atom is -0.497 e. The molecule has 1 fully saturated rings. The third-order valence-corrected chi connectivity index (χ3v) is 5.07. The SMILES string of the molecule is COc1ccc(CCC(=O)CSC2CCCC2)cc1. The van der Waals surface area contributed by atoms with E-state index in [4.69, 9.17) is 4.74 Å². The average molecular weight is 278 g/mol. The van der Waals surface area contributed by atoms with Crippen molar-refractivity contribution in [3.63, 3.8) is 0 Å². The van der Waals surface area contributed by atoms with E-state index in [1.165, 1.54) is 31.2 Å². The van der Waals surface area contributed by atoms with E-state index in [2.05, 4.69) is 0 Å². The van der Waals surface area contributed by atoms with Crippen molar-refractivity contribution in [3.05, 3.63) is 29.8 Å². The van der Waals surface area contributed by atoms with Gasteiger partial charge < -0.3 is 4.74 Å². The van der Waals surface area contributed by atoms with Crippen LogP contribution in [0.4, 0.5) is 0 Å². The summed E-state index contributed by atoms with van der Waals surface area (Å²) < 4.78 is 5.12. The molecule has 0 unspecified atom stereocenters. The largest absolute Gasteiger partial charge is 0.497 e. The molecule has 0 N–H and O–H groups in total. The number of hydrogen-bond donors (Lipinski definition) is 0. The zero-order chi connectivity index (χ0) is 13.5. The Morgan fingerprint density at radius 3 is 2.58 bits per heavy atom. The maximum absolute atomic E-state index is 11.9. The van der Waals surface area contributed by atoms with Gasteiger partial charge in [0.15, 0.2) is 0 Å². The second kappa shape index (κ2) is 7.59. The lowest BCUT2D eigenvalue weighted by Crippen LogP contribution is -2.07. The summed E-state index contributed by atoms with van der Waals surface area (Å²) in [4.78, 5) is 11.9. The number of aryl methyl sites for hydroxylation is 1. The highest BCUT2D eigenvalue weighted by Gasteiger charge is 2.16. The Morgan fingerprint density at radius 2 is 1.95 bits per heavy atom. The van der Waals surface area contributed by atoms with Crippen LogP contribution >= 0.6 is 11.8 Å². The Labute approximate surface area is 119 Å². The van der Waals surface area contributed by atoms with E-state index in [0.29, 0.717) is 18.0 Å². The normalized spacial score (nSPS) is 15.6. The molecule has 1 aromatic carbocycles. The van der Waals surface area contributed by atoms with Gasteiger partial charge in [-0.05, 0) is 37.0 Å². The molecule has 0 radical (unpaired) electrons. The van der Waals surface area contributed by atoms with Gasteiger partial charge in [-0.15, -0.1) is 0 Å². The molecule has 0 spiro atoms. The topological polar surface area (TPSA) is 26.3 Å². The molecule has 0 heterocycles. The standard InChI is InChI=1S/C16H22O2S/c1-18-15-10-7-13(8-11-15)6-9-14(17)12-19-16-4-2-3-5-16/h7-8,10-11,16H,2-6,9,12H2,1H3. The van der Waals surface area contributed by atoms with Crippen LogP contribution in [0, 0.1) is 0 Å². The number of ketones is 1. The highest BCUT2D eigenvalue weighted by molar-refractivity contribution is 8.00. The summed E-state index contributed by atoms with van der Waals surface area (Å²) in [5.41, 5.74) is 1.21. The fraction of sp³-hybridized carbons (Fsp3) is 0.562. The fourth-order valence-electron chi connectivity index (χ4n) is 2.41. The smallest absolute Gasteiger partial charge is 0.143 e. The molecule has 0 aromatic heterocycles. The van der Waals surface area contributed by atoms with Crippen molar-refractivity contribution in [3.8, 4) is 5.75 Å². The number of ether oxygens (including phenoxy) is 1. The van der Waals surface area contributed by atoms with Crippen molar-refractivity contribution < 1.29 is 9.53 Å². The van der Waals surface area contributed by atoms with E-state index >= 15 is 0 Å². The van der Waals surface area contributed by atoms with Crippen LogP contribution in [0.3, 0.4) is 0 Å².